The van der Waals surface area contributed by atoms with Crippen molar-refractivity contribution in [2.45, 2.75) is 57.8 Å². The Morgan fingerprint density at radius 1 is 1.32 bits per heavy atom. The third-order valence-corrected chi connectivity index (χ3v) is 3.26. The summed E-state index contributed by atoms with van der Waals surface area (Å²) < 4.78 is 35.4. The molecule has 0 amide bonds. The second-order valence-electron chi connectivity index (χ2n) is 5.14. The van der Waals surface area contributed by atoms with Crippen LogP contribution in [-0.4, -0.2) is 49.3 Å². The van der Waals surface area contributed by atoms with E-state index in [1.807, 2.05) is 6.92 Å². The summed E-state index contributed by atoms with van der Waals surface area (Å²) in [7, 11) is 0. The van der Waals surface area contributed by atoms with E-state index in [-0.39, 0.29) is 6.61 Å². The van der Waals surface area contributed by atoms with E-state index in [1.54, 1.807) is 0 Å². The Labute approximate surface area is 129 Å². The zero-order valence-electron chi connectivity index (χ0n) is 13.2. The summed E-state index contributed by atoms with van der Waals surface area (Å²) in [5, 5.41) is 0. The molecule has 22 heavy (non-hydrogen) atoms. The zero-order valence-corrected chi connectivity index (χ0v) is 13.2. The maximum absolute atomic E-state index is 14.7. The van der Waals surface area contributed by atoms with Crippen molar-refractivity contribution in [3.05, 3.63) is 12.7 Å². The van der Waals surface area contributed by atoms with E-state index in [0.29, 0.717) is 6.61 Å². The smallest absolute Gasteiger partial charge is 0.305 e. The minimum absolute atomic E-state index is 0.104. The van der Waals surface area contributed by atoms with Crippen molar-refractivity contribution >= 4 is 11.9 Å². The fourth-order valence-electron chi connectivity index (χ4n) is 2.14. The Hall–Kier alpha value is -1.47. The van der Waals surface area contributed by atoms with Gasteiger partial charge in [-0.25, -0.2) is 4.39 Å². The van der Waals surface area contributed by atoms with Crippen LogP contribution in [0.1, 0.15) is 33.6 Å². The lowest BCUT2D eigenvalue weighted by atomic mass is 9.97. The molecule has 0 saturated carbocycles. The predicted molar refractivity (Wildman–Crippen MR) is 75.7 cm³/mol. The Balaban J connectivity index is 2.86. The quantitative estimate of drug-likeness (QED) is 0.387. The monoisotopic (exact) mass is 318 g/mol. The number of alkyl halides is 1. The third kappa shape index (κ3) is 4.51. The Bertz CT molecular complexity index is 413. The molecule has 1 fully saturated rings. The Morgan fingerprint density at radius 2 is 1.95 bits per heavy atom. The van der Waals surface area contributed by atoms with Crippen LogP contribution >= 0.6 is 0 Å². The van der Waals surface area contributed by atoms with Gasteiger partial charge in [-0.05, 0) is 6.42 Å². The van der Waals surface area contributed by atoms with Gasteiger partial charge >= 0.3 is 11.9 Å². The van der Waals surface area contributed by atoms with Gasteiger partial charge in [0, 0.05) is 20.5 Å². The maximum atomic E-state index is 14.7. The first kappa shape index (κ1) is 18.6. The fourth-order valence-corrected chi connectivity index (χ4v) is 2.14. The molecule has 7 heteroatoms. The van der Waals surface area contributed by atoms with Crippen LogP contribution in [0.2, 0.25) is 0 Å². The first-order valence-corrected chi connectivity index (χ1v) is 7.24. The van der Waals surface area contributed by atoms with E-state index in [1.165, 1.54) is 6.08 Å². The molecule has 0 N–H and O–H groups in total. The van der Waals surface area contributed by atoms with E-state index in [9.17, 15) is 14.0 Å². The highest BCUT2D eigenvalue weighted by Crippen LogP contribution is 2.37. The number of carbonyl (C=O) groups excluding carboxylic acids is 2. The van der Waals surface area contributed by atoms with Gasteiger partial charge < -0.3 is 18.9 Å². The molecule has 6 nitrogen and oxygen atoms in total. The van der Waals surface area contributed by atoms with Crippen LogP contribution in [0.5, 0.6) is 0 Å². The summed E-state index contributed by atoms with van der Waals surface area (Å²) in [6.45, 7) is 8.21. The normalized spacial score (nSPS) is 30.8. The largest absolute Gasteiger partial charge is 0.453 e. The lowest BCUT2D eigenvalue weighted by Crippen LogP contribution is -2.43. The molecule has 0 spiro atoms. The maximum Gasteiger partial charge on any atom is 0.305 e. The van der Waals surface area contributed by atoms with Crippen LogP contribution in [0.4, 0.5) is 4.39 Å². The number of rotatable bonds is 8. The van der Waals surface area contributed by atoms with Gasteiger partial charge in [0.05, 0.1) is 6.61 Å². The van der Waals surface area contributed by atoms with Gasteiger partial charge in [0.2, 0.25) is 6.29 Å². The number of halogens is 1. The number of hydrogen-bond acceptors (Lipinski definition) is 6. The van der Waals surface area contributed by atoms with Crippen molar-refractivity contribution in [3.8, 4) is 0 Å². The molecule has 1 heterocycles. The SMILES string of the molecule is C=C[C@]1(COCCCC)OC(OC(C)=O)[C@H](OC(C)=O)[C@@H]1F. The van der Waals surface area contributed by atoms with E-state index in [2.05, 4.69) is 6.58 Å². The first-order valence-electron chi connectivity index (χ1n) is 7.24. The van der Waals surface area contributed by atoms with Gasteiger partial charge in [0.1, 0.15) is 5.60 Å². The summed E-state index contributed by atoms with van der Waals surface area (Å²) in [4.78, 5) is 22.2. The molecule has 4 atom stereocenters. The molecule has 1 aliphatic heterocycles. The van der Waals surface area contributed by atoms with Crippen LogP contribution in [0.3, 0.4) is 0 Å². The first-order chi connectivity index (χ1) is 10.4. The van der Waals surface area contributed by atoms with E-state index in [4.69, 9.17) is 18.9 Å². The van der Waals surface area contributed by atoms with Crippen molar-refractivity contribution in [2.24, 2.45) is 0 Å². The summed E-state index contributed by atoms with van der Waals surface area (Å²) in [5.41, 5.74) is -1.52. The lowest BCUT2D eigenvalue weighted by molar-refractivity contribution is -0.203. The Morgan fingerprint density at radius 3 is 2.45 bits per heavy atom. The highest BCUT2D eigenvalue weighted by molar-refractivity contribution is 5.67. The van der Waals surface area contributed by atoms with Gasteiger partial charge in [0.25, 0.3) is 0 Å². The van der Waals surface area contributed by atoms with Crippen molar-refractivity contribution in [2.75, 3.05) is 13.2 Å². The van der Waals surface area contributed by atoms with Crippen LogP contribution in [-0.2, 0) is 28.5 Å². The second-order valence-corrected chi connectivity index (χ2v) is 5.14. The molecule has 1 rings (SSSR count). The third-order valence-electron chi connectivity index (χ3n) is 3.26. The molecule has 0 aromatic heterocycles. The van der Waals surface area contributed by atoms with Crippen LogP contribution in [0.15, 0.2) is 12.7 Å². The number of unbranched alkanes of at least 4 members (excludes halogenated alkanes) is 1. The lowest BCUT2D eigenvalue weighted by Gasteiger charge is -2.26. The molecule has 0 aromatic rings. The molecule has 1 aliphatic rings. The topological polar surface area (TPSA) is 71.1 Å². The summed E-state index contributed by atoms with van der Waals surface area (Å²) in [5.74, 6) is -1.36. The molecular weight excluding hydrogens is 295 g/mol. The molecule has 1 saturated heterocycles. The fraction of sp³-hybridized carbons (Fsp3) is 0.733. The average molecular weight is 318 g/mol. The molecular formula is C15H23FO6. The van der Waals surface area contributed by atoms with Crippen LogP contribution in [0.25, 0.3) is 0 Å². The summed E-state index contributed by atoms with van der Waals surface area (Å²) in [6.07, 6.45) is -1.42. The van der Waals surface area contributed by atoms with Gasteiger partial charge in [-0.2, -0.15) is 0 Å². The molecule has 1 unspecified atom stereocenters. The van der Waals surface area contributed by atoms with E-state index in [0.717, 1.165) is 26.7 Å². The standard InChI is InChI=1S/C15H23FO6/c1-5-7-8-19-9-15(6-2)13(16)12(20-10(3)17)14(22-15)21-11(4)18/h6,12-14H,2,5,7-9H2,1,3-4H3/t12-,13+,14?,15-/m1/s1. The van der Waals surface area contributed by atoms with Gasteiger partial charge in [-0.15, -0.1) is 6.58 Å². The number of hydrogen-bond donors (Lipinski definition) is 0. The number of carbonyl (C=O) groups is 2. The van der Waals surface area contributed by atoms with E-state index >= 15 is 0 Å². The van der Waals surface area contributed by atoms with Gasteiger partial charge in [-0.3, -0.25) is 9.59 Å². The molecule has 0 aliphatic carbocycles. The predicted octanol–water partition coefficient (Wildman–Crippen LogP) is 1.92. The molecule has 126 valence electrons. The number of esters is 2. The van der Waals surface area contributed by atoms with E-state index < -0.39 is 36.1 Å². The number of ether oxygens (including phenoxy) is 4. The minimum Gasteiger partial charge on any atom is -0.453 e. The second kappa shape index (κ2) is 8.24. The van der Waals surface area contributed by atoms with Crippen LogP contribution < -0.4 is 0 Å². The summed E-state index contributed by atoms with van der Waals surface area (Å²) >= 11 is 0. The molecule has 0 radical (unpaired) electrons. The van der Waals surface area contributed by atoms with Crippen LogP contribution in [0, 0.1) is 0 Å². The average Bonchev–Trinajstić information content (AvgIpc) is 2.68. The highest BCUT2D eigenvalue weighted by Gasteiger charge is 2.58. The zero-order chi connectivity index (χ0) is 16.8. The minimum atomic E-state index is -1.75. The van der Waals surface area contributed by atoms with Gasteiger partial charge in [-0.1, -0.05) is 19.4 Å². The van der Waals surface area contributed by atoms with Gasteiger partial charge in [0.15, 0.2) is 12.3 Å². The van der Waals surface area contributed by atoms with Crippen molar-refractivity contribution in [1.82, 2.24) is 0 Å². The highest BCUT2D eigenvalue weighted by atomic mass is 19.1. The molecule has 0 aromatic carbocycles. The molecule has 0 bridgehead atoms. The van der Waals surface area contributed by atoms with Crippen molar-refractivity contribution < 1.29 is 32.9 Å². The Kier molecular flexibility index (Phi) is 6.96. The summed E-state index contributed by atoms with van der Waals surface area (Å²) in [6, 6.07) is 0. The van der Waals surface area contributed by atoms with Crippen molar-refractivity contribution in [3.63, 3.8) is 0 Å². The van der Waals surface area contributed by atoms with Crippen molar-refractivity contribution in [1.29, 1.82) is 0 Å².